The van der Waals surface area contributed by atoms with Gasteiger partial charge in [0.05, 0.1) is 17.7 Å². The number of nitrogens with one attached hydrogen (secondary N) is 1. The minimum Gasteiger partial charge on any atom is -0.342 e. The van der Waals surface area contributed by atoms with Crippen molar-refractivity contribution in [1.29, 1.82) is 0 Å². The number of aryl methyl sites for hydroxylation is 1. The van der Waals surface area contributed by atoms with Crippen LogP contribution >= 0.6 is 11.3 Å². The number of hydrogen-bond donors (Lipinski definition) is 1. The number of thiazole rings is 1. The highest BCUT2D eigenvalue weighted by atomic mass is 32.1. The van der Waals surface area contributed by atoms with Crippen LogP contribution in [-0.2, 0) is 4.79 Å². The Hall–Kier alpha value is -1.43. The fraction of sp³-hybridized carbons (Fsp3) is 0.545. The smallest absolute Gasteiger partial charge is 0.263 e. The van der Waals surface area contributed by atoms with Crippen LogP contribution in [0.15, 0.2) is 5.51 Å². The van der Waals surface area contributed by atoms with Gasteiger partial charge in [0.15, 0.2) is 0 Å². The van der Waals surface area contributed by atoms with Crippen molar-refractivity contribution < 1.29 is 9.59 Å². The summed E-state index contributed by atoms with van der Waals surface area (Å²) >= 11 is 1.29. The van der Waals surface area contributed by atoms with Crippen LogP contribution in [-0.4, -0.2) is 41.3 Å². The molecular weight excluding hydrogens is 238 g/mol. The molecule has 2 rings (SSSR count). The number of rotatable bonds is 3. The molecule has 2 heterocycles. The zero-order valence-electron chi connectivity index (χ0n) is 9.73. The zero-order chi connectivity index (χ0) is 12.3. The summed E-state index contributed by atoms with van der Waals surface area (Å²) in [6.07, 6.45) is 2.13. The second kappa shape index (κ2) is 5.27. The third-order valence-corrected chi connectivity index (χ3v) is 3.74. The van der Waals surface area contributed by atoms with Gasteiger partial charge in [-0.05, 0) is 19.8 Å². The molecule has 1 saturated heterocycles. The van der Waals surface area contributed by atoms with Gasteiger partial charge < -0.3 is 10.2 Å². The first-order valence-corrected chi connectivity index (χ1v) is 6.52. The van der Waals surface area contributed by atoms with Crippen molar-refractivity contribution >= 4 is 23.2 Å². The second-order valence-electron chi connectivity index (χ2n) is 4.04. The lowest BCUT2D eigenvalue weighted by Gasteiger charge is -2.15. The van der Waals surface area contributed by atoms with Gasteiger partial charge in [-0.3, -0.25) is 9.59 Å². The van der Waals surface area contributed by atoms with Crippen molar-refractivity contribution in [2.45, 2.75) is 19.8 Å². The Morgan fingerprint density at radius 3 is 2.76 bits per heavy atom. The molecular formula is C11H15N3O2S. The maximum atomic E-state index is 11.7. The highest BCUT2D eigenvalue weighted by Gasteiger charge is 2.19. The Balaban J connectivity index is 1.84. The maximum Gasteiger partial charge on any atom is 0.263 e. The molecule has 1 N–H and O–H groups in total. The summed E-state index contributed by atoms with van der Waals surface area (Å²) in [5.41, 5.74) is 2.34. The van der Waals surface area contributed by atoms with Crippen molar-refractivity contribution in [3.63, 3.8) is 0 Å². The van der Waals surface area contributed by atoms with Crippen LogP contribution in [0.3, 0.4) is 0 Å². The molecule has 17 heavy (non-hydrogen) atoms. The quantitative estimate of drug-likeness (QED) is 0.867. The molecule has 0 radical (unpaired) electrons. The lowest BCUT2D eigenvalue weighted by molar-refractivity contribution is -0.129. The Kier molecular flexibility index (Phi) is 3.73. The number of nitrogens with zero attached hydrogens (tertiary/aromatic N) is 2. The number of amides is 2. The predicted octanol–water partition coefficient (Wildman–Crippen LogP) is 0.804. The van der Waals surface area contributed by atoms with Gasteiger partial charge >= 0.3 is 0 Å². The summed E-state index contributed by atoms with van der Waals surface area (Å²) in [7, 11) is 0. The van der Waals surface area contributed by atoms with Crippen LogP contribution in [0.4, 0.5) is 0 Å². The normalized spacial score (nSPS) is 15.0. The van der Waals surface area contributed by atoms with Crippen molar-refractivity contribution in [1.82, 2.24) is 15.2 Å². The molecule has 0 unspecified atom stereocenters. The average molecular weight is 253 g/mol. The Labute approximate surface area is 104 Å². The van der Waals surface area contributed by atoms with Crippen LogP contribution in [0.2, 0.25) is 0 Å². The summed E-state index contributed by atoms with van der Waals surface area (Å²) in [6.45, 7) is 3.49. The first-order valence-electron chi connectivity index (χ1n) is 5.64. The van der Waals surface area contributed by atoms with Gasteiger partial charge in [0.1, 0.15) is 4.88 Å². The maximum absolute atomic E-state index is 11.7. The monoisotopic (exact) mass is 253 g/mol. The van der Waals surface area contributed by atoms with E-state index in [1.165, 1.54) is 11.3 Å². The Morgan fingerprint density at radius 1 is 1.47 bits per heavy atom. The minimum absolute atomic E-state index is 0.00183. The highest BCUT2D eigenvalue weighted by molar-refractivity contribution is 7.11. The van der Waals surface area contributed by atoms with Gasteiger partial charge in [0.25, 0.3) is 5.91 Å². The van der Waals surface area contributed by atoms with E-state index in [1.54, 1.807) is 17.3 Å². The molecule has 5 nitrogen and oxygen atoms in total. The van der Waals surface area contributed by atoms with Crippen LogP contribution in [0.1, 0.15) is 28.2 Å². The van der Waals surface area contributed by atoms with Crippen molar-refractivity contribution in [3.8, 4) is 0 Å². The largest absolute Gasteiger partial charge is 0.342 e. The summed E-state index contributed by atoms with van der Waals surface area (Å²) in [6, 6.07) is 0. The van der Waals surface area contributed by atoms with Gasteiger partial charge in [-0.15, -0.1) is 11.3 Å². The number of hydrogen-bond acceptors (Lipinski definition) is 4. The van der Waals surface area contributed by atoms with Gasteiger partial charge in [-0.2, -0.15) is 0 Å². The molecule has 1 aromatic heterocycles. The molecule has 0 spiro atoms. The van der Waals surface area contributed by atoms with Gasteiger partial charge in [0.2, 0.25) is 5.91 Å². The topological polar surface area (TPSA) is 62.3 Å². The molecule has 0 aliphatic carbocycles. The first-order chi connectivity index (χ1) is 8.18. The van der Waals surface area contributed by atoms with Crippen LogP contribution in [0.25, 0.3) is 0 Å². The van der Waals surface area contributed by atoms with E-state index < -0.39 is 0 Å². The average Bonchev–Trinajstić information content (AvgIpc) is 2.95. The van der Waals surface area contributed by atoms with Crippen LogP contribution in [0, 0.1) is 6.92 Å². The van der Waals surface area contributed by atoms with E-state index in [4.69, 9.17) is 0 Å². The molecule has 92 valence electrons. The molecule has 0 atom stereocenters. The molecule has 1 aliphatic heterocycles. The van der Waals surface area contributed by atoms with E-state index in [0.29, 0.717) is 10.6 Å². The Bertz CT molecular complexity index is 424. The van der Waals surface area contributed by atoms with Gasteiger partial charge in [-0.25, -0.2) is 4.98 Å². The van der Waals surface area contributed by atoms with E-state index in [1.807, 2.05) is 0 Å². The molecule has 0 saturated carbocycles. The first kappa shape index (κ1) is 12.0. The fourth-order valence-corrected chi connectivity index (χ4v) is 2.55. The molecule has 1 aromatic rings. The number of likely N-dealkylation sites (tertiary alicyclic amines) is 1. The van der Waals surface area contributed by atoms with E-state index in [9.17, 15) is 9.59 Å². The standard InChI is InChI=1S/C11H15N3O2S/c1-8-10(17-7-13-8)11(16)12-6-9(15)14-4-2-3-5-14/h7H,2-6H2,1H3,(H,12,16). The van der Waals surface area contributed by atoms with Crippen molar-refractivity contribution in [3.05, 3.63) is 16.1 Å². The second-order valence-corrected chi connectivity index (χ2v) is 4.89. The van der Waals surface area contributed by atoms with E-state index in [2.05, 4.69) is 10.3 Å². The lowest BCUT2D eigenvalue weighted by Crippen LogP contribution is -2.38. The fourth-order valence-electron chi connectivity index (χ4n) is 1.83. The number of aromatic nitrogens is 1. The molecule has 1 aliphatic rings. The summed E-state index contributed by atoms with van der Waals surface area (Å²) in [5.74, 6) is -0.212. The third kappa shape index (κ3) is 2.82. The molecule has 6 heteroatoms. The van der Waals surface area contributed by atoms with Gasteiger partial charge in [0, 0.05) is 13.1 Å². The van der Waals surface area contributed by atoms with E-state index in [-0.39, 0.29) is 18.4 Å². The summed E-state index contributed by atoms with van der Waals surface area (Å²) in [4.78, 5) is 29.8. The van der Waals surface area contributed by atoms with Gasteiger partial charge in [-0.1, -0.05) is 0 Å². The Morgan fingerprint density at radius 2 is 2.18 bits per heavy atom. The zero-order valence-corrected chi connectivity index (χ0v) is 10.5. The SMILES string of the molecule is Cc1ncsc1C(=O)NCC(=O)N1CCCC1. The van der Waals surface area contributed by atoms with E-state index >= 15 is 0 Å². The highest BCUT2D eigenvalue weighted by Crippen LogP contribution is 2.11. The molecule has 1 fully saturated rings. The predicted molar refractivity (Wildman–Crippen MR) is 65.0 cm³/mol. The van der Waals surface area contributed by atoms with Crippen molar-refractivity contribution in [2.75, 3.05) is 19.6 Å². The summed E-state index contributed by atoms with van der Waals surface area (Å²) in [5, 5.41) is 2.64. The number of carbonyl (C=O) groups excluding carboxylic acids is 2. The van der Waals surface area contributed by atoms with Crippen molar-refractivity contribution in [2.24, 2.45) is 0 Å². The lowest BCUT2D eigenvalue weighted by atomic mass is 10.3. The molecule has 0 aromatic carbocycles. The number of carbonyl (C=O) groups is 2. The third-order valence-electron chi connectivity index (χ3n) is 2.81. The minimum atomic E-state index is -0.211. The molecule has 0 bridgehead atoms. The van der Waals surface area contributed by atoms with E-state index in [0.717, 1.165) is 25.9 Å². The van der Waals surface area contributed by atoms with Crippen LogP contribution < -0.4 is 5.32 Å². The molecule has 2 amide bonds. The summed E-state index contributed by atoms with van der Waals surface area (Å²) < 4.78 is 0. The van der Waals surface area contributed by atoms with Crippen LogP contribution in [0.5, 0.6) is 0 Å².